The van der Waals surface area contributed by atoms with E-state index in [1.807, 2.05) is 13.8 Å². The average Bonchev–Trinajstić information content (AvgIpc) is 2.29. The van der Waals surface area contributed by atoms with E-state index in [1.54, 1.807) is 0 Å². The van der Waals surface area contributed by atoms with Gasteiger partial charge in [0.05, 0.1) is 6.54 Å². The highest BCUT2D eigenvalue weighted by atomic mass is 32.1. The molecule has 0 bridgehead atoms. The molecular formula is C11H21N3O3S. The number of hydrogen-bond donors (Lipinski definition) is 4. The van der Waals surface area contributed by atoms with Crippen LogP contribution in [0.4, 0.5) is 0 Å². The molecule has 1 unspecified atom stereocenters. The van der Waals surface area contributed by atoms with Gasteiger partial charge in [-0.2, -0.15) is 12.6 Å². The molecule has 0 spiro atoms. The molecule has 18 heavy (non-hydrogen) atoms. The first-order valence-corrected chi connectivity index (χ1v) is 6.42. The zero-order valence-corrected chi connectivity index (χ0v) is 11.8. The van der Waals surface area contributed by atoms with Gasteiger partial charge in [0.15, 0.2) is 0 Å². The minimum atomic E-state index is -0.719. The van der Waals surface area contributed by atoms with E-state index in [2.05, 4.69) is 28.6 Å². The Hall–Kier alpha value is -1.24. The molecule has 1 atom stereocenters. The highest BCUT2D eigenvalue weighted by Gasteiger charge is 2.17. The van der Waals surface area contributed by atoms with Gasteiger partial charge in [-0.3, -0.25) is 14.4 Å². The zero-order chi connectivity index (χ0) is 14.1. The third-order valence-corrected chi connectivity index (χ3v) is 2.37. The molecule has 0 saturated carbocycles. The molecule has 3 amide bonds. The van der Waals surface area contributed by atoms with E-state index in [1.165, 1.54) is 6.92 Å². The lowest BCUT2D eigenvalue weighted by molar-refractivity contribution is -0.129. The third kappa shape index (κ3) is 7.94. The smallest absolute Gasteiger partial charge is 0.243 e. The molecule has 0 aliphatic heterocycles. The minimum absolute atomic E-state index is 0.102. The molecule has 7 heteroatoms. The van der Waals surface area contributed by atoms with Gasteiger partial charge >= 0.3 is 0 Å². The number of rotatable bonds is 7. The maximum Gasteiger partial charge on any atom is 0.243 e. The SMILES string of the molecule is CC(=O)NC(CS)C(=O)NCC(=O)NCC(C)C. The van der Waals surface area contributed by atoms with Crippen LogP contribution in [0.1, 0.15) is 20.8 Å². The second kappa shape index (κ2) is 8.79. The van der Waals surface area contributed by atoms with E-state index >= 15 is 0 Å². The van der Waals surface area contributed by atoms with Crippen LogP contribution in [-0.4, -0.2) is 42.6 Å². The quantitative estimate of drug-likeness (QED) is 0.464. The van der Waals surface area contributed by atoms with E-state index in [4.69, 9.17) is 0 Å². The molecule has 104 valence electrons. The van der Waals surface area contributed by atoms with Crippen molar-refractivity contribution >= 4 is 30.4 Å². The summed E-state index contributed by atoms with van der Waals surface area (Å²) in [6, 6.07) is -0.719. The molecule has 3 N–H and O–H groups in total. The fourth-order valence-corrected chi connectivity index (χ4v) is 1.37. The number of thiol groups is 1. The lowest BCUT2D eigenvalue weighted by Gasteiger charge is -2.15. The normalized spacial score (nSPS) is 11.8. The highest BCUT2D eigenvalue weighted by molar-refractivity contribution is 7.80. The second-order valence-electron chi connectivity index (χ2n) is 4.35. The summed E-state index contributed by atoms with van der Waals surface area (Å²) in [5.41, 5.74) is 0. The van der Waals surface area contributed by atoms with Crippen molar-refractivity contribution in [2.75, 3.05) is 18.8 Å². The molecule has 0 aromatic heterocycles. The van der Waals surface area contributed by atoms with Gasteiger partial charge in [0.1, 0.15) is 6.04 Å². The summed E-state index contributed by atoms with van der Waals surface area (Å²) < 4.78 is 0. The van der Waals surface area contributed by atoms with E-state index in [0.717, 1.165) is 0 Å². The summed E-state index contributed by atoms with van der Waals surface area (Å²) in [7, 11) is 0. The van der Waals surface area contributed by atoms with Crippen LogP contribution in [0.3, 0.4) is 0 Å². The lowest BCUT2D eigenvalue weighted by Crippen LogP contribution is -2.49. The summed E-state index contributed by atoms with van der Waals surface area (Å²) in [5, 5.41) is 7.57. The molecular weight excluding hydrogens is 254 g/mol. The van der Waals surface area contributed by atoms with Crippen molar-refractivity contribution in [2.45, 2.75) is 26.8 Å². The maximum absolute atomic E-state index is 11.6. The fraction of sp³-hybridized carbons (Fsp3) is 0.727. The van der Waals surface area contributed by atoms with E-state index in [-0.39, 0.29) is 24.1 Å². The molecule has 0 fully saturated rings. The fourth-order valence-electron chi connectivity index (χ4n) is 1.11. The van der Waals surface area contributed by atoms with Crippen LogP contribution in [0.25, 0.3) is 0 Å². The Labute approximate surface area is 113 Å². The summed E-state index contributed by atoms with van der Waals surface area (Å²) >= 11 is 3.97. The molecule has 0 aromatic carbocycles. The van der Waals surface area contributed by atoms with E-state index < -0.39 is 11.9 Å². The summed E-state index contributed by atoms with van der Waals surface area (Å²) in [5.74, 6) is -0.445. The first-order chi connectivity index (χ1) is 8.36. The first-order valence-electron chi connectivity index (χ1n) is 5.79. The monoisotopic (exact) mass is 275 g/mol. The van der Waals surface area contributed by atoms with Crippen LogP contribution >= 0.6 is 12.6 Å². The Kier molecular flexibility index (Phi) is 8.19. The zero-order valence-electron chi connectivity index (χ0n) is 10.9. The summed E-state index contributed by atoms with van der Waals surface area (Å²) in [6.07, 6.45) is 0. The van der Waals surface area contributed by atoms with Gasteiger partial charge in [0.25, 0.3) is 0 Å². The molecule has 0 saturated heterocycles. The van der Waals surface area contributed by atoms with Crippen molar-refractivity contribution < 1.29 is 14.4 Å². The van der Waals surface area contributed by atoms with Gasteiger partial charge in [-0.05, 0) is 5.92 Å². The van der Waals surface area contributed by atoms with Crippen molar-refractivity contribution in [3.05, 3.63) is 0 Å². The maximum atomic E-state index is 11.6. The number of carbonyl (C=O) groups excluding carboxylic acids is 3. The van der Waals surface area contributed by atoms with Crippen molar-refractivity contribution in [3.8, 4) is 0 Å². The van der Waals surface area contributed by atoms with Crippen LogP contribution in [-0.2, 0) is 14.4 Å². The van der Waals surface area contributed by atoms with Crippen LogP contribution in [0.2, 0.25) is 0 Å². The average molecular weight is 275 g/mol. The van der Waals surface area contributed by atoms with Crippen LogP contribution < -0.4 is 16.0 Å². The molecule has 6 nitrogen and oxygen atoms in total. The molecule has 0 aliphatic rings. The van der Waals surface area contributed by atoms with Crippen molar-refractivity contribution in [1.29, 1.82) is 0 Å². The molecule has 0 heterocycles. The third-order valence-electron chi connectivity index (χ3n) is 2.01. The Morgan fingerprint density at radius 1 is 1.17 bits per heavy atom. The van der Waals surface area contributed by atoms with Crippen LogP contribution in [0.5, 0.6) is 0 Å². The van der Waals surface area contributed by atoms with E-state index in [0.29, 0.717) is 12.5 Å². The van der Waals surface area contributed by atoms with Gasteiger partial charge in [-0.1, -0.05) is 13.8 Å². The number of hydrogen-bond acceptors (Lipinski definition) is 4. The minimum Gasteiger partial charge on any atom is -0.354 e. The van der Waals surface area contributed by atoms with E-state index in [9.17, 15) is 14.4 Å². The summed E-state index contributed by atoms with van der Waals surface area (Å²) in [4.78, 5) is 33.8. The summed E-state index contributed by atoms with van der Waals surface area (Å²) in [6.45, 7) is 5.74. The topological polar surface area (TPSA) is 87.3 Å². The number of nitrogens with one attached hydrogen (secondary N) is 3. The lowest BCUT2D eigenvalue weighted by atomic mass is 10.2. The van der Waals surface area contributed by atoms with Crippen molar-refractivity contribution in [2.24, 2.45) is 5.92 Å². The van der Waals surface area contributed by atoms with Gasteiger partial charge in [0, 0.05) is 19.2 Å². The van der Waals surface area contributed by atoms with Crippen molar-refractivity contribution in [3.63, 3.8) is 0 Å². The second-order valence-corrected chi connectivity index (χ2v) is 4.72. The molecule has 0 aliphatic carbocycles. The largest absolute Gasteiger partial charge is 0.354 e. The predicted molar refractivity (Wildman–Crippen MR) is 72.3 cm³/mol. The van der Waals surface area contributed by atoms with Gasteiger partial charge < -0.3 is 16.0 Å². The van der Waals surface area contributed by atoms with Gasteiger partial charge in [-0.25, -0.2) is 0 Å². The molecule has 0 aromatic rings. The number of carbonyl (C=O) groups is 3. The van der Waals surface area contributed by atoms with Crippen molar-refractivity contribution in [1.82, 2.24) is 16.0 Å². The first kappa shape index (κ1) is 16.8. The molecule has 0 radical (unpaired) electrons. The van der Waals surface area contributed by atoms with Crippen LogP contribution in [0, 0.1) is 5.92 Å². The Bertz CT molecular complexity index is 308. The van der Waals surface area contributed by atoms with Gasteiger partial charge in [0.2, 0.25) is 17.7 Å². The Balaban J connectivity index is 4.00. The van der Waals surface area contributed by atoms with Crippen LogP contribution in [0.15, 0.2) is 0 Å². The predicted octanol–water partition coefficient (Wildman–Crippen LogP) is -0.691. The van der Waals surface area contributed by atoms with Gasteiger partial charge in [-0.15, -0.1) is 0 Å². The number of amides is 3. The Morgan fingerprint density at radius 2 is 1.78 bits per heavy atom. The molecule has 0 rings (SSSR count). The Morgan fingerprint density at radius 3 is 2.22 bits per heavy atom. The standard InChI is InChI=1S/C11H21N3O3S/c1-7(2)4-12-10(16)5-13-11(17)9(6-18)14-8(3)15/h7,9,18H,4-6H2,1-3H3,(H,12,16)(H,13,17)(H,14,15). The highest BCUT2D eigenvalue weighted by Crippen LogP contribution is 1.89.